The van der Waals surface area contributed by atoms with Gasteiger partial charge in [0.1, 0.15) is 5.75 Å². The smallest absolute Gasteiger partial charge is 0.310 e. The summed E-state index contributed by atoms with van der Waals surface area (Å²) in [4.78, 5) is 25.7. The van der Waals surface area contributed by atoms with Gasteiger partial charge in [0.05, 0.1) is 19.6 Å². The maximum Gasteiger partial charge on any atom is 0.310 e. The zero-order chi connectivity index (χ0) is 17.5. The molecule has 2 rings (SSSR count). The molecule has 1 saturated heterocycles. The molecule has 1 atom stereocenters. The molecule has 5 nitrogen and oxygen atoms in total. The number of esters is 1. The van der Waals surface area contributed by atoms with Crippen molar-refractivity contribution in [1.29, 1.82) is 0 Å². The van der Waals surface area contributed by atoms with Crippen LogP contribution >= 0.6 is 0 Å². The minimum atomic E-state index is -0.217. The first-order valence-corrected chi connectivity index (χ1v) is 8.57. The average Bonchev–Trinajstić information content (AvgIpc) is 2.59. The van der Waals surface area contributed by atoms with Crippen molar-refractivity contribution in [2.75, 3.05) is 26.8 Å². The minimum absolute atomic E-state index is 0.0914. The predicted molar refractivity (Wildman–Crippen MR) is 92.0 cm³/mol. The lowest BCUT2D eigenvalue weighted by atomic mass is 9.98. The monoisotopic (exact) mass is 333 g/mol. The summed E-state index contributed by atoms with van der Waals surface area (Å²) in [5.41, 5.74) is 2.22. The van der Waals surface area contributed by atoms with Crippen molar-refractivity contribution in [3.05, 3.63) is 29.3 Å². The summed E-state index contributed by atoms with van der Waals surface area (Å²) in [5.74, 6) is 0.604. The molecule has 5 heteroatoms. The fourth-order valence-corrected chi connectivity index (χ4v) is 3.15. The van der Waals surface area contributed by atoms with Crippen LogP contribution in [0.25, 0.3) is 0 Å². The number of amides is 1. The molecular formula is C19H27NO4. The van der Waals surface area contributed by atoms with E-state index in [4.69, 9.17) is 9.47 Å². The van der Waals surface area contributed by atoms with Crippen LogP contribution in [-0.2, 0) is 14.3 Å². The fraction of sp³-hybridized carbons (Fsp3) is 0.579. The van der Waals surface area contributed by atoms with E-state index in [1.165, 1.54) is 7.11 Å². The van der Waals surface area contributed by atoms with E-state index < -0.39 is 0 Å². The Morgan fingerprint density at radius 2 is 1.96 bits per heavy atom. The highest BCUT2D eigenvalue weighted by Crippen LogP contribution is 2.23. The molecule has 0 N–H and O–H groups in total. The molecule has 24 heavy (non-hydrogen) atoms. The summed E-state index contributed by atoms with van der Waals surface area (Å²) in [6, 6.07) is 6.05. The molecule has 0 saturated carbocycles. The van der Waals surface area contributed by atoms with Gasteiger partial charge in [0.25, 0.3) is 0 Å². The number of hydrogen-bond acceptors (Lipinski definition) is 4. The molecule has 132 valence electrons. The van der Waals surface area contributed by atoms with Gasteiger partial charge in [-0.05, 0) is 44.2 Å². The predicted octanol–water partition coefficient (Wildman–Crippen LogP) is 2.87. The number of rotatable bonds is 6. The van der Waals surface area contributed by atoms with Crippen molar-refractivity contribution in [2.45, 2.75) is 39.5 Å². The normalized spacial score (nSPS) is 17.5. The zero-order valence-corrected chi connectivity index (χ0v) is 14.8. The number of carbonyl (C=O) groups excluding carboxylic acids is 2. The number of likely N-dealkylation sites (tertiary alicyclic amines) is 1. The lowest BCUT2D eigenvalue weighted by Crippen LogP contribution is -2.42. The minimum Gasteiger partial charge on any atom is -0.493 e. The zero-order valence-electron chi connectivity index (χ0n) is 14.8. The molecule has 1 aromatic rings. The van der Waals surface area contributed by atoms with Gasteiger partial charge in [0.15, 0.2) is 0 Å². The van der Waals surface area contributed by atoms with E-state index in [-0.39, 0.29) is 17.8 Å². The van der Waals surface area contributed by atoms with E-state index in [2.05, 4.69) is 0 Å². The highest BCUT2D eigenvalue weighted by atomic mass is 16.5. The van der Waals surface area contributed by atoms with Crippen LogP contribution in [0, 0.1) is 19.8 Å². The Kier molecular flexibility index (Phi) is 6.64. The molecule has 0 spiro atoms. The summed E-state index contributed by atoms with van der Waals surface area (Å²) >= 11 is 0. The van der Waals surface area contributed by atoms with E-state index >= 15 is 0 Å². The molecule has 1 aliphatic rings. The number of ether oxygens (including phenoxy) is 2. The van der Waals surface area contributed by atoms with Gasteiger partial charge >= 0.3 is 5.97 Å². The van der Waals surface area contributed by atoms with Crippen LogP contribution in [-0.4, -0.2) is 43.6 Å². The van der Waals surface area contributed by atoms with Gasteiger partial charge in [-0.2, -0.15) is 0 Å². The van der Waals surface area contributed by atoms with Crippen LogP contribution in [0.15, 0.2) is 18.2 Å². The van der Waals surface area contributed by atoms with Gasteiger partial charge in [-0.25, -0.2) is 0 Å². The summed E-state index contributed by atoms with van der Waals surface area (Å²) in [6.07, 6.45) is 2.77. The van der Waals surface area contributed by atoms with Gasteiger partial charge in [-0.3, -0.25) is 9.59 Å². The molecule has 0 radical (unpaired) electrons. The van der Waals surface area contributed by atoms with E-state index in [1.807, 2.05) is 32.0 Å². The number of benzene rings is 1. The Labute approximate surface area is 143 Å². The molecule has 1 unspecified atom stereocenters. The molecule has 0 aliphatic carbocycles. The summed E-state index contributed by atoms with van der Waals surface area (Å²) in [5, 5.41) is 0. The maximum absolute atomic E-state index is 12.3. The highest BCUT2D eigenvalue weighted by molar-refractivity contribution is 5.78. The lowest BCUT2D eigenvalue weighted by Gasteiger charge is -2.31. The van der Waals surface area contributed by atoms with E-state index in [9.17, 15) is 9.59 Å². The summed E-state index contributed by atoms with van der Waals surface area (Å²) in [6.45, 7) is 5.77. The van der Waals surface area contributed by atoms with Crippen LogP contribution in [0.1, 0.15) is 36.8 Å². The van der Waals surface area contributed by atoms with Crippen molar-refractivity contribution < 1.29 is 19.1 Å². The second kappa shape index (κ2) is 8.71. The lowest BCUT2D eigenvalue weighted by molar-refractivity contribution is -0.149. The third-order valence-corrected chi connectivity index (χ3v) is 4.50. The van der Waals surface area contributed by atoms with Crippen molar-refractivity contribution in [3.8, 4) is 5.75 Å². The largest absolute Gasteiger partial charge is 0.493 e. The van der Waals surface area contributed by atoms with E-state index in [0.29, 0.717) is 26.0 Å². The molecule has 0 bridgehead atoms. The molecule has 1 amide bonds. The SMILES string of the molecule is COC(=O)C1CCCN(C(=O)CCCOc2c(C)cccc2C)C1. The van der Waals surface area contributed by atoms with Crippen LogP contribution in [0.4, 0.5) is 0 Å². The molecule has 1 fully saturated rings. The van der Waals surface area contributed by atoms with Gasteiger partial charge in [-0.15, -0.1) is 0 Å². The number of para-hydroxylation sites is 1. The van der Waals surface area contributed by atoms with Crippen LogP contribution < -0.4 is 4.74 Å². The number of hydrogen-bond donors (Lipinski definition) is 0. The topological polar surface area (TPSA) is 55.8 Å². The fourth-order valence-electron chi connectivity index (χ4n) is 3.15. The number of carbonyl (C=O) groups is 2. The first kappa shape index (κ1) is 18.3. The average molecular weight is 333 g/mol. The second-order valence-corrected chi connectivity index (χ2v) is 6.38. The van der Waals surface area contributed by atoms with Crippen LogP contribution in [0.2, 0.25) is 0 Å². The Hall–Kier alpha value is -2.04. The second-order valence-electron chi connectivity index (χ2n) is 6.38. The van der Waals surface area contributed by atoms with Gasteiger partial charge < -0.3 is 14.4 Å². The molecule has 1 aromatic carbocycles. The first-order valence-electron chi connectivity index (χ1n) is 8.57. The number of aryl methyl sites for hydroxylation is 2. The highest BCUT2D eigenvalue weighted by Gasteiger charge is 2.28. The van der Waals surface area contributed by atoms with Crippen molar-refractivity contribution >= 4 is 11.9 Å². The van der Waals surface area contributed by atoms with Crippen molar-refractivity contribution in [3.63, 3.8) is 0 Å². The first-order chi connectivity index (χ1) is 11.5. The maximum atomic E-state index is 12.3. The number of nitrogens with zero attached hydrogens (tertiary/aromatic N) is 1. The van der Waals surface area contributed by atoms with Gasteiger partial charge in [0, 0.05) is 19.5 Å². The van der Waals surface area contributed by atoms with Gasteiger partial charge in [-0.1, -0.05) is 18.2 Å². The van der Waals surface area contributed by atoms with Crippen molar-refractivity contribution in [1.82, 2.24) is 4.90 Å². The molecule has 1 heterocycles. The third kappa shape index (κ3) is 4.73. The van der Waals surface area contributed by atoms with E-state index in [1.54, 1.807) is 4.90 Å². The quantitative estimate of drug-likeness (QED) is 0.593. The molecular weight excluding hydrogens is 306 g/mol. The molecule has 0 aromatic heterocycles. The Morgan fingerprint density at radius 1 is 1.25 bits per heavy atom. The molecule has 1 aliphatic heterocycles. The number of piperidine rings is 1. The summed E-state index contributed by atoms with van der Waals surface area (Å²) < 4.78 is 10.6. The van der Waals surface area contributed by atoms with E-state index in [0.717, 1.165) is 36.3 Å². The standard InChI is InChI=1S/C19H27NO4/c1-14-7-4-8-15(2)18(14)24-12-6-10-17(21)20-11-5-9-16(13-20)19(22)23-3/h4,7-8,16H,5-6,9-13H2,1-3H3. The van der Waals surface area contributed by atoms with Crippen LogP contribution in [0.5, 0.6) is 5.75 Å². The Balaban J connectivity index is 1.76. The van der Waals surface area contributed by atoms with Crippen molar-refractivity contribution in [2.24, 2.45) is 5.92 Å². The number of methoxy groups -OCH3 is 1. The van der Waals surface area contributed by atoms with Gasteiger partial charge in [0.2, 0.25) is 5.91 Å². The Bertz CT molecular complexity index is 564. The third-order valence-electron chi connectivity index (χ3n) is 4.50. The van der Waals surface area contributed by atoms with Crippen LogP contribution in [0.3, 0.4) is 0 Å². The Morgan fingerprint density at radius 3 is 2.62 bits per heavy atom. The summed E-state index contributed by atoms with van der Waals surface area (Å²) in [7, 11) is 1.40.